The molecule has 1 N–H and O–H groups in total. The number of thiazole rings is 1. The molecule has 21 heavy (non-hydrogen) atoms. The summed E-state index contributed by atoms with van der Waals surface area (Å²) < 4.78 is 43.6. The first-order valence-electron chi connectivity index (χ1n) is 6.27. The van der Waals surface area contributed by atoms with E-state index in [9.17, 15) is 18.0 Å². The smallest absolute Gasteiger partial charge is 0.375 e. The third kappa shape index (κ3) is 4.08. The van der Waals surface area contributed by atoms with Crippen LogP contribution in [-0.2, 0) is 10.9 Å². The Morgan fingerprint density at radius 1 is 1.52 bits per heavy atom. The van der Waals surface area contributed by atoms with Crippen LogP contribution in [0.25, 0.3) is 0 Å². The van der Waals surface area contributed by atoms with Crippen molar-refractivity contribution in [2.45, 2.75) is 44.5 Å². The number of hydrogen-bond donors (Lipinski definition) is 1. The lowest BCUT2D eigenvalue weighted by atomic mass is 9.94. The zero-order valence-electron chi connectivity index (χ0n) is 11.4. The molecule has 0 saturated carbocycles. The Hall–Kier alpha value is -0.860. The van der Waals surface area contributed by atoms with Gasteiger partial charge in [0.2, 0.25) is 0 Å². The summed E-state index contributed by atoms with van der Waals surface area (Å²) in [6.45, 7) is 4.19. The van der Waals surface area contributed by atoms with Gasteiger partial charge in [0, 0.05) is 12.6 Å². The average molecular weight is 343 g/mol. The van der Waals surface area contributed by atoms with Gasteiger partial charge in [-0.2, -0.15) is 13.2 Å². The molecule has 1 saturated heterocycles. The third-order valence-electron chi connectivity index (χ3n) is 3.11. The molecule has 0 bridgehead atoms. The van der Waals surface area contributed by atoms with Crippen LogP contribution in [0.15, 0.2) is 0 Å². The second-order valence-electron chi connectivity index (χ2n) is 5.41. The van der Waals surface area contributed by atoms with Gasteiger partial charge >= 0.3 is 6.18 Å². The van der Waals surface area contributed by atoms with E-state index in [1.165, 1.54) is 0 Å². The maximum absolute atomic E-state index is 12.8. The van der Waals surface area contributed by atoms with Crippen LogP contribution in [-0.4, -0.2) is 29.1 Å². The van der Waals surface area contributed by atoms with E-state index in [0.717, 1.165) is 0 Å². The van der Waals surface area contributed by atoms with Gasteiger partial charge < -0.3 is 10.1 Å². The van der Waals surface area contributed by atoms with E-state index in [0.29, 0.717) is 30.8 Å². The summed E-state index contributed by atoms with van der Waals surface area (Å²) >= 11 is 6.04. The molecule has 1 atom stereocenters. The molecule has 1 fully saturated rings. The topological polar surface area (TPSA) is 51.2 Å². The van der Waals surface area contributed by atoms with Crippen molar-refractivity contribution in [2.24, 2.45) is 0 Å². The minimum Gasteiger partial charge on any atom is -0.375 e. The van der Waals surface area contributed by atoms with E-state index in [1.54, 1.807) is 0 Å². The number of rotatable bonds is 2. The first-order valence-corrected chi connectivity index (χ1v) is 7.46. The molecule has 118 valence electrons. The molecular weight excluding hydrogens is 329 g/mol. The number of hydrogen-bond acceptors (Lipinski definition) is 4. The van der Waals surface area contributed by atoms with Crippen molar-refractivity contribution < 1.29 is 22.7 Å². The highest BCUT2D eigenvalue weighted by atomic mass is 35.5. The number of alkyl halides is 3. The average Bonchev–Trinajstić information content (AvgIpc) is 2.70. The number of carbonyl (C=O) groups is 1. The molecule has 2 heterocycles. The Morgan fingerprint density at radius 2 is 2.19 bits per heavy atom. The van der Waals surface area contributed by atoms with Crippen LogP contribution in [0, 0.1) is 0 Å². The molecule has 0 aromatic carbocycles. The van der Waals surface area contributed by atoms with Gasteiger partial charge in [-0.25, -0.2) is 4.98 Å². The summed E-state index contributed by atoms with van der Waals surface area (Å²) in [4.78, 5) is 14.8. The summed E-state index contributed by atoms with van der Waals surface area (Å²) in [7, 11) is 0. The fourth-order valence-corrected chi connectivity index (χ4v) is 3.28. The molecular formula is C12H14ClF3N2O2S. The van der Waals surface area contributed by atoms with Gasteiger partial charge in [0.05, 0.1) is 5.60 Å². The monoisotopic (exact) mass is 342 g/mol. The highest BCUT2D eigenvalue weighted by molar-refractivity contribution is 7.17. The lowest BCUT2D eigenvalue weighted by Gasteiger charge is -2.35. The van der Waals surface area contributed by atoms with Gasteiger partial charge in [-0.1, -0.05) is 22.9 Å². The van der Waals surface area contributed by atoms with E-state index < -0.39 is 28.3 Å². The first-order chi connectivity index (χ1) is 9.58. The minimum atomic E-state index is -4.70. The van der Waals surface area contributed by atoms with E-state index in [4.69, 9.17) is 16.3 Å². The maximum Gasteiger partial charge on any atom is 0.435 e. The van der Waals surface area contributed by atoms with E-state index in [-0.39, 0.29) is 10.5 Å². The van der Waals surface area contributed by atoms with Crippen LogP contribution in [0.5, 0.6) is 0 Å². The number of nitrogens with one attached hydrogen (secondary N) is 1. The zero-order chi connectivity index (χ0) is 15.8. The highest BCUT2D eigenvalue weighted by Gasteiger charge is 2.40. The predicted molar refractivity (Wildman–Crippen MR) is 72.6 cm³/mol. The Bertz CT molecular complexity index is 545. The summed E-state index contributed by atoms with van der Waals surface area (Å²) in [6, 6.07) is -0.233. The molecule has 1 aliphatic heterocycles. The molecule has 1 aliphatic rings. The van der Waals surface area contributed by atoms with E-state index in [2.05, 4.69) is 10.3 Å². The number of nitrogens with zero attached hydrogens (tertiary/aromatic N) is 1. The lowest BCUT2D eigenvalue weighted by molar-refractivity contribution is -0.141. The van der Waals surface area contributed by atoms with Gasteiger partial charge in [0.15, 0.2) is 10.2 Å². The van der Waals surface area contributed by atoms with Crippen molar-refractivity contribution in [2.75, 3.05) is 6.61 Å². The van der Waals surface area contributed by atoms with Gasteiger partial charge in [-0.3, -0.25) is 4.79 Å². The van der Waals surface area contributed by atoms with Crippen LogP contribution in [0.2, 0.25) is 4.47 Å². The highest BCUT2D eigenvalue weighted by Crippen LogP contribution is 2.36. The molecule has 1 aromatic heterocycles. The fourth-order valence-electron chi connectivity index (χ4n) is 2.25. The predicted octanol–water partition coefficient (Wildman–Crippen LogP) is 3.50. The molecule has 1 aromatic rings. The molecule has 1 unspecified atom stereocenters. The number of aromatic nitrogens is 1. The van der Waals surface area contributed by atoms with E-state index in [1.807, 2.05) is 13.8 Å². The third-order valence-corrected chi connectivity index (χ3v) is 4.27. The maximum atomic E-state index is 12.8. The number of halogens is 4. The van der Waals surface area contributed by atoms with Crippen molar-refractivity contribution >= 4 is 28.8 Å². The zero-order valence-corrected chi connectivity index (χ0v) is 13.0. The quantitative estimate of drug-likeness (QED) is 0.895. The minimum absolute atomic E-state index is 0.233. The summed E-state index contributed by atoms with van der Waals surface area (Å²) in [5.74, 6) is -0.797. The standard InChI is InChI=1S/C12H14ClF3N2O2S/c1-11(2)5-6(3-4-20-11)17-9(19)7-8(12(14,15)16)18-10(13)21-7/h6H,3-5H2,1-2H3,(H,17,19). The summed E-state index contributed by atoms with van der Waals surface area (Å²) in [5, 5.41) is 2.61. The Balaban J connectivity index is 2.14. The fraction of sp³-hybridized carbons (Fsp3) is 0.667. The van der Waals surface area contributed by atoms with Crippen LogP contribution in [0.3, 0.4) is 0 Å². The molecule has 4 nitrogen and oxygen atoms in total. The van der Waals surface area contributed by atoms with Crippen LogP contribution in [0.1, 0.15) is 42.1 Å². The Kier molecular flexibility index (Phi) is 4.51. The molecule has 9 heteroatoms. The van der Waals surface area contributed by atoms with Crippen molar-refractivity contribution in [3.8, 4) is 0 Å². The van der Waals surface area contributed by atoms with Gasteiger partial charge in [-0.15, -0.1) is 0 Å². The van der Waals surface area contributed by atoms with Crippen LogP contribution >= 0.6 is 22.9 Å². The molecule has 0 radical (unpaired) electrons. The molecule has 0 spiro atoms. The normalized spacial score (nSPS) is 22.1. The number of carbonyl (C=O) groups excluding carboxylic acids is 1. The van der Waals surface area contributed by atoms with Crippen LogP contribution in [0.4, 0.5) is 13.2 Å². The van der Waals surface area contributed by atoms with Crippen molar-refractivity contribution in [3.63, 3.8) is 0 Å². The Labute approximate surface area is 128 Å². The van der Waals surface area contributed by atoms with Crippen molar-refractivity contribution in [3.05, 3.63) is 15.0 Å². The summed E-state index contributed by atoms with van der Waals surface area (Å²) in [6.07, 6.45) is -3.61. The SMILES string of the molecule is CC1(C)CC(NC(=O)c2sc(Cl)nc2C(F)(F)F)CCO1. The van der Waals surface area contributed by atoms with Gasteiger partial charge in [0.25, 0.3) is 5.91 Å². The lowest BCUT2D eigenvalue weighted by Crippen LogP contribution is -2.45. The van der Waals surface area contributed by atoms with Gasteiger partial charge in [-0.05, 0) is 26.7 Å². The van der Waals surface area contributed by atoms with E-state index >= 15 is 0 Å². The van der Waals surface area contributed by atoms with Gasteiger partial charge in [0.1, 0.15) is 4.88 Å². The summed E-state index contributed by atoms with van der Waals surface area (Å²) in [5.41, 5.74) is -1.64. The molecule has 0 aliphatic carbocycles. The van der Waals surface area contributed by atoms with Crippen LogP contribution < -0.4 is 5.32 Å². The number of amides is 1. The Morgan fingerprint density at radius 3 is 2.76 bits per heavy atom. The van der Waals surface area contributed by atoms with Crippen molar-refractivity contribution in [1.82, 2.24) is 10.3 Å². The number of ether oxygens (including phenoxy) is 1. The molecule has 1 amide bonds. The largest absolute Gasteiger partial charge is 0.435 e. The second-order valence-corrected chi connectivity index (χ2v) is 6.99. The first kappa shape index (κ1) is 16.5. The van der Waals surface area contributed by atoms with Crippen molar-refractivity contribution in [1.29, 1.82) is 0 Å². The second kappa shape index (κ2) is 5.73. The molecule has 2 rings (SSSR count).